The second-order valence-electron chi connectivity index (χ2n) is 4.70. The van der Waals surface area contributed by atoms with Crippen LogP contribution in [0.4, 0.5) is 13.2 Å². The molecule has 0 radical (unpaired) electrons. The van der Waals surface area contributed by atoms with Crippen LogP contribution in [0, 0.1) is 11.3 Å². The van der Waals surface area contributed by atoms with Gasteiger partial charge in [-0.3, -0.25) is 0 Å². The van der Waals surface area contributed by atoms with E-state index in [2.05, 4.69) is 0 Å². The summed E-state index contributed by atoms with van der Waals surface area (Å²) in [6.07, 6.45) is -3.19. The van der Waals surface area contributed by atoms with Gasteiger partial charge in [-0.25, -0.2) is 4.79 Å². The van der Waals surface area contributed by atoms with Crippen LogP contribution in [0.2, 0.25) is 0 Å². The van der Waals surface area contributed by atoms with Crippen LogP contribution < -0.4 is 0 Å². The Balaban J connectivity index is 2.52. The van der Waals surface area contributed by atoms with Crippen LogP contribution in [-0.4, -0.2) is 11.1 Å². The van der Waals surface area contributed by atoms with Gasteiger partial charge in [-0.2, -0.15) is 18.4 Å². The van der Waals surface area contributed by atoms with E-state index < -0.39 is 17.7 Å². The Hall–Kier alpha value is -2.59. The van der Waals surface area contributed by atoms with Crippen molar-refractivity contribution >= 4 is 23.4 Å². The SMILES string of the molecule is C/C(=C\c1ccc(-c2ccc(C#N)cc2C(F)(F)F)s1)C(=O)O. The van der Waals surface area contributed by atoms with Crippen LogP contribution in [-0.2, 0) is 11.0 Å². The van der Waals surface area contributed by atoms with Crippen LogP contribution in [0.25, 0.3) is 16.5 Å². The van der Waals surface area contributed by atoms with E-state index in [1.807, 2.05) is 0 Å². The van der Waals surface area contributed by atoms with Crippen molar-refractivity contribution in [2.45, 2.75) is 13.1 Å². The molecule has 3 nitrogen and oxygen atoms in total. The molecule has 0 aliphatic heterocycles. The zero-order valence-electron chi connectivity index (χ0n) is 11.8. The number of alkyl halides is 3. The number of carboxylic acids is 1. The van der Waals surface area contributed by atoms with Crippen LogP contribution in [0.3, 0.4) is 0 Å². The number of carbonyl (C=O) groups is 1. The summed E-state index contributed by atoms with van der Waals surface area (Å²) in [5.41, 5.74) is -0.897. The number of hydrogen-bond donors (Lipinski definition) is 1. The number of nitrogens with zero attached hydrogens (tertiary/aromatic N) is 1. The van der Waals surface area contributed by atoms with Gasteiger partial charge in [0, 0.05) is 20.9 Å². The number of hydrogen-bond acceptors (Lipinski definition) is 3. The van der Waals surface area contributed by atoms with Crippen molar-refractivity contribution in [1.29, 1.82) is 5.26 Å². The first-order valence-electron chi connectivity index (χ1n) is 6.35. The van der Waals surface area contributed by atoms with E-state index in [9.17, 15) is 18.0 Å². The largest absolute Gasteiger partial charge is 0.478 e. The zero-order valence-corrected chi connectivity index (χ0v) is 12.6. The van der Waals surface area contributed by atoms with E-state index in [1.165, 1.54) is 31.2 Å². The minimum atomic E-state index is -4.58. The monoisotopic (exact) mass is 337 g/mol. The van der Waals surface area contributed by atoms with Gasteiger partial charge in [0.2, 0.25) is 0 Å². The first-order chi connectivity index (χ1) is 10.7. The molecule has 0 bridgehead atoms. The van der Waals surface area contributed by atoms with Crippen molar-refractivity contribution in [2.24, 2.45) is 0 Å². The average molecular weight is 337 g/mol. The highest BCUT2D eigenvalue weighted by molar-refractivity contribution is 7.16. The lowest BCUT2D eigenvalue weighted by Gasteiger charge is -2.11. The van der Waals surface area contributed by atoms with Gasteiger partial charge in [0.05, 0.1) is 17.2 Å². The first kappa shape index (κ1) is 16.8. The molecule has 23 heavy (non-hydrogen) atoms. The predicted octanol–water partition coefficient (Wildman–Crippen LogP) is 4.79. The number of aliphatic carboxylic acids is 1. The van der Waals surface area contributed by atoms with Gasteiger partial charge < -0.3 is 5.11 Å². The quantitative estimate of drug-likeness (QED) is 0.819. The maximum Gasteiger partial charge on any atom is 0.417 e. The molecule has 0 atom stereocenters. The Bertz CT molecular complexity index is 829. The summed E-state index contributed by atoms with van der Waals surface area (Å²) in [4.78, 5) is 11.7. The summed E-state index contributed by atoms with van der Waals surface area (Å²) < 4.78 is 39.5. The molecule has 0 amide bonds. The van der Waals surface area contributed by atoms with E-state index in [1.54, 1.807) is 12.1 Å². The van der Waals surface area contributed by atoms with E-state index in [-0.39, 0.29) is 16.7 Å². The zero-order chi connectivity index (χ0) is 17.2. The molecule has 2 rings (SSSR count). The number of halogens is 3. The Kier molecular flexibility index (Phi) is 4.57. The lowest BCUT2D eigenvalue weighted by molar-refractivity contribution is -0.137. The smallest absolute Gasteiger partial charge is 0.417 e. The summed E-state index contributed by atoms with van der Waals surface area (Å²) in [6.45, 7) is 1.41. The minimum Gasteiger partial charge on any atom is -0.478 e. The maximum absolute atomic E-state index is 13.2. The second-order valence-corrected chi connectivity index (χ2v) is 5.82. The van der Waals surface area contributed by atoms with Crippen LogP contribution in [0.15, 0.2) is 35.9 Å². The number of rotatable bonds is 3. The number of nitriles is 1. The van der Waals surface area contributed by atoms with Gasteiger partial charge in [-0.15, -0.1) is 11.3 Å². The van der Waals surface area contributed by atoms with Gasteiger partial charge in [0.25, 0.3) is 0 Å². The molecule has 0 aliphatic carbocycles. The fourth-order valence-electron chi connectivity index (χ4n) is 1.91. The highest BCUT2D eigenvalue weighted by Gasteiger charge is 2.34. The van der Waals surface area contributed by atoms with Crippen LogP contribution in [0.5, 0.6) is 0 Å². The molecule has 0 saturated heterocycles. The third-order valence-corrected chi connectivity index (χ3v) is 4.11. The molecule has 118 valence electrons. The predicted molar refractivity (Wildman–Crippen MR) is 80.8 cm³/mol. The molecule has 0 saturated carbocycles. The lowest BCUT2D eigenvalue weighted by Crippen LogP contribution is -2.07. The third-order valence-electron chi connectivity index (χ3n) is 3.04. The van der Waals surface area contributed by atoms with E-state index in [0.29, 0.717) is 9.75 Å². The fraction of sp³-hybridized carbons (Fsp3) is 0.125. The fourth-order valence-corrected chi connectivity index (χ4v) is 2.96. The molecule has 0 spiro atoms. The molecule has 1 N–H and O–H groups in total. The van der Waals surface area contributed by atoms with Gasteiger partial charge >= 0.3 is 12.1 Å². The number of thiophene rings is 1. The molecular weight excluding hydrogens is 327 g/mol. The summed E-state index contributed by atoms with van der Waals surface area (Å²) in [6, 6.07) is 8.14. The Labute approximate surface area is 133 Å². The lowest BCUT2D eigenvalue weighted by atomic mass is 10.0. The van der Waals surface area contributed by atoms with Crippen molar-refractivity contribution in [3.05, 3.63) is 51.9 Å². The molecule has 1 heterocycles. The first-order valence-corrected chi connectivity index (χ1v) is 7.17. The van der Waals surface area contributed by atoms with Crippen molar-refractivity contribution in [3.63, 3.8) is 0 Å². The second kappa shape index (κ2) is 6.26. The molecule has 1 aromatic carbocycles. The van der Waals surface area contributed by atoms with E-state index in [0.717, 1.165) is 17.4 Å². The summed E-state index contributed by atoms with van der Waals surface area (Å²) >= 11 is 1.05. The van der Waals surface area contributed by atoms with Crippen molar-refractivity contribution < 1.29 is 23.1 Å². The molecular formula is C16H10F3NO2S. The molecule has 7 heteroatoms. The summed E-state index contributed by atoms with van der Waals surface area (Å²) in [7, 11) is 0. The molecule has 1 aromatic heterocycles. The summed E-state index contributed by atoms with van der Waals surface area (Å²) in [5.74, 6) is -1.09. The van der Waals surface area contributed by atoms with Crippen molar-refractivity contribution in [2.75, 3.05) is 0 Å². The van der Waals surface area contributed by atoms with Crippen LogP contribution in [0.1, 0.15) is 22.9 Å². The maximum atomic E-state index is 13.2. The molecule has 0 fully saturated rings. The Morgan fingerprint density at radius 2 is 2.00 bits per heavy atom. The standard InChI is InChI=1S/C16H10F3NO2S/c1-9(15(21)22)6-11-3-5-14(23-11)12-4-2-10(8-20)7-13(12)16(17,18)19/h2-7H,1H3,(H,21,22)/b9-6+. The average Bonchev–Trinajstić information content (AvgIpc) is 2.93. The Morgan fingerprint density at radius 3 is 2.57 bits per heavy atom. The molecule has 0 unspecified atom stereocenters. The van der Waals surface area contributed by atoms with Crippen molar-refractivity contribution in [1.82, 2.24) is 0 Å². The van der Waals surface area contributed by atoms with Crippen LogP contribution >= 0.6 is 11.3 Å². The topological polar surface area (TPSA) is 61.1 Å². The van der Waals surface area contributed by atoms with Gasteiger partial charge in [-0.05, 0) is 37.3 Å². The number of carboxylic acid groups (broad SMARTS) is 1. The molecule has 0 aliphatic rings. The van der Waals surface area contributed by atoms with Gasteiger partial charge in [-0.1, -0.05) is 6.07 Å². The van der Waals surface area contributed by atoms with E-state index in [4.69, 9.17) is 10.4 Å². The third kappa shape index (κ3) is 3.79. The Morgan fingerprint density at radius 1 is 1.30 bits per heavy atom. The normalized spacial score (nSPS) is 12.0. The van der Waals surface area contributed by atoms with Gasteiger partial charge in [0.1, 0.15) is 0 Å². The minimum absolute atomic E-state index is 0.0332. The van der Waals surface area contributed by atoms with Gasteiger partial charge in [0.15, 0.2) is 0 Å². The van der Waals surface area contributed by atoms with E-state index >= 15 is 0 Å². The highest BCUT2D eigenvalue weighted by Crippen LogP contribution is 2.40. The highest BCUT2D eigenvalue weighted by atomic mass is 32.1. The summed E-state index contributed by atoms with van der Waals surface area (Å²) in [5, 5.41) is 17.6. The van der Waals surface area contributed by atoms with Crippen molar-refractivity contribution in [3.8, 4) is 16.5 Å². The molecule has 2 aromatic rings. The number of benzene rings is 1.